The number of hydrogen-bond acceptors (Lipinski definition) is 5. The number of non-ortho nitro benzene ring substituents is 1. The smallest absolute Gasteiger partial charge is 0.270 e. The van der Waals surface area contributed by atoms with E-state index in [1.165, 1.54) is 25.3 Å². The Hall–Kier alpha value is -2.15. The molecule has 0 saturated carbocycles. The Morgan fingerprint density at radius 3 is 2.67 bits per heavy atom. The summed E-state index contributed by atoms with van der Waals surface area (Å²) in [5.74, 6) is -0.200. The first-order valence-corrected chi connectivity index (χ1v) is 6.62. The van der Waals surface area contributed by atoms with E-state index in [-0.39, 0.29) is 23.6 Å². The van der Waals surface area contributed by atoms with Crippen molar-refractivity contribution in [2.45, 2.75) is 32.2 Å². The molecule has 1 aromatic rings. The van der Waals surface area contributed by atoms with E-state index in [4.69, 9.17) is 9.84 Å². The Balaban J connectivity index is 3.10. The number of carbonyl (C=O) groups is 1. The van der Waals surface area contributed by atoms with Crippen molar-refractivity contribution >= 4 is 11.6 Å². The summed E-state index contributed by atoms with van der Waals surface area (Å²) in [7, 11) is 1.39. The number of nitrogens with zero attached hydrogens (tertiary/aromatic N) is 1. The normalized spacial score (nSPS) is 13.3. The Morgan fingerprint density at radius 2 is 2.19 bits per heavy atom. The summed E-state index contributed by atoms with van der Waals surface area (Å²) < 4.78 is 5.08. The number of nitrogens with one attached hydrogen (secondary N) is 1. The average Bonchev–Trinajstić information content (AvgIpc) is 2.46. The quantitative estimate of drug-likeness (QED) is 0.591. The van der Waals surface area contributed by atoms with Gasteiger partial charge in [-0.15, -0.1) is 0 Å². The SMILES string of the molecule is CCC(C)(CCO)NC(=O)c1cc([N+](=O)[O-])ccc1OC. The van der Waals surface area contributed by atoms with Crippen LogP contribution in [0.2, 0.25) is 0 Å². The van der Waals surface area contributed by atoms with Gasteiger partial charge in [0.05, 0.1) is 17.6 Å². The topological polar surface area (TPSA) is 102 Å². The predicted molar refractivity (Wildman–Crippen MR) is 77.5 cm³/mol. The van der Waals surface area contributed by atoms with Gasteiger partial charge in [-0.1, -0.05) is 6.92 Å². The van der Waals surface area contributed by atoms with E-state index >= 15 is 0 Å². The lowest BCUT2D eigenvalue weighted by atomic mass is 9.94. The van der Waals surface area contributed by atoms with Crippen LogP contribution in [0.4, 0.5) is 5.69 Å². The van der Waals surface area contributed by atoms with Gasteiger partial charge in [-0.25, -0.2) is 0 Å². The van der Waals surface area contributed by atoms with Crippen LogP contribution in [0.3, 0.4) is 0 Å². The molecule has 0 bridgehead atoms. The summed E-state index contributed by atoms with van der Waals surface area (Å²) >= 11 is 0. The molecule has 1 unspecified atom stereocenters. The van der Waals surface area contributed by atoms with Crippen LogP contribution in [0.5, 0.6) is 5.75 Å². The number of hydrogen-bond donors (Lipinski definition) is 2. The highest BCUT2D eigenvalue weighted by Crippen LogP contribution is 2.25. The first-order valence-electron chi connectivity index (χ1n) is 6.62. The number of amides is 1. The Kier molecular flexibility index (Phi) is 5.66. The molecule has 0 aliphatic carbocycles. The van der Waals surface area contributed by atoms with E-state index in [0.29, 0.717) is 12.8 Å². The highest BCUT2D eigenvalue weighted by molar-refractivity contribution is 5.98. The zero-order chi connectivity index (χ0) is 16.0. The number of aliphatic hydroxyl groups excluding tert-OH is 1. The van der Waals surface area contributed by atoms with Crippen LogP contribution in [0.25, 0.3) is 0 Å². The molecule has 0 fully saturated rings. The summed E-state index contributed by atoms with van der Waals surface area (Å²) in [4.78, 5) is 22.6. The summed E-state index contributed by atoms with van der Waals surface area (Å²) in [6.07, 6.45) is 1.02. The third-order valence-electron chi connectivity index (χ3n) is 3.50. The molecule has 1 atom stereocenters. The van der Waals surface area contributed by atoms with E-state index in [2.05, 4.69) is 5.32 Å². The standard InChI is InChI=1S/C14H20N2O5/c1-4-14(2,7-8-17)15-13(18)11-9-10(16(19)20)5-6-12(11)21-3/h5-6,9,17H,4,7-8H2,1-3H3,(H,15,18). The van der Waals surface area contributed by atoms with E-state index in [1.54, 1.807) is 0 Å². The van der Waals surface area contributed by atoms with Gasteiger partial charge in [0.25, 0.3) is 11.6 Å². The molecule has 0 aromatic heterocycles. The van der Waals surface area contributed by atoms with Crippen molar-refractivity contribution in [1.29, 1.82) is 0 Å². The molecule has 1 rings (SSSR count). The lowest BCUT2D eigenvalue weighted by Gasteiger charge is -2.29. The van der Waals surface area contributed by atoms with Gasteiger partial charge in [0.15, 0.2) is 0 Å². The van der Waals surface area contributed by atoms with Crippen LogP contribution in [0.15, 0.2) is 18.2 Å². The molecular weight excluding hydrogens is 276 g/mol. The fourth-order valence-electron chi connectivity index (χ4n) is 1.90. The van der Waals surface area contributed by atoms with Gasteiger partial charge in [0.2, 0.25) is 0 Å². The molecule has 0 aliphatic heterocycles. The van der Waals surface area contributed by atoms with Gasteiger partial charge >= 0.3 is 0 Å². The van der Waals surface area contributed by atoms with Gasteiger partial charge in [-0.2, -0.15) is 0 Å². The van der Waals surface area contributed by atoms with Crippen molar-refractivity contribution in [1.82, 2.24) is 5.32 Å². The number of carbonyl (C=O) groups excluding carboxylic acids is 1. The number of nitro groups is 1. The maximum Gasteiger partial charge on any atom is 0.270 e. The van der Waals surface area contributed by atoms with Gasteiger partial charge in [-0.3, -0.25) is 14.9 Å². The van der Waals surface area contributed by atoms with Gasteiger partial charge in [0.1, 0.15) is 5.75 Å². The minimum Gasteiger partial charge on any atom is -0.496 e. The molecule has 7 heteroatoms. The Morgan fingerprint density at radius 1 is 1.52 bits per heavy atom. The third-order valence-corrected chi connectivity index (χ3v) is 3.50. The minimum absolute atomic E-state index is 0.0588. The Labute approximate surface area is 123 Å². The summed E-state index contributed by atoms with van der Waals surface area (Å²) in [5.41, 5.74) is -0.660. The lowest BCUT2D eigenvalue weighted by molar-refractivity contribution is -0.384. The van der Waals surface area contributed by atoms with Crippen LogP contribution < -0.4 is 10.1 Å². The molecule has 21 heavy (non-hydrogen) atoms. The maximum absolute atomic E-state index is 12.4. The second-order valence-electron chi connectivity index (χ2n) is 4.98. The van der Waals surface area contributed by atoms with Crippen LogP contribution in [-0.2, 0) is 0 Å². The molecule has 0 spiro atoms. The monoisotopic (exact) mass is 296 g/mol. The van der Waals surface area contributed by atoms with Crippen molar-refractivity contribution in [3.05, 3.63) is 33.9 Å². The van der Waals surface area contributed by atoms with Gasteiger partial charge < -0.3 is 15.2 Å². The second kappa shape index (κ2) is 7.03. The van der Waals surface area contributed by atoms with Crippen molar-refractivity contribution in [2.75, 3.05) is 13.7 Å². The molecule has 2 N–H and O–H groups in total. The van der Waals surface area contributed by atoms with Crippen molar-refractivity contribution in [2.24, 2.45) is 0 Å². The van der Waals surface area contributed by atoms with Crippen LogP contribution in [0.1, 0.15) is 37.0 Å². The average molecular weight is 296 g/mol. The third kappa shape index (κ3) is 4.16. The van der Waals surface area contributed by atoms with E-state index in [9.17, 15) is 14.9 Å². The van der Waals surface area contributed by atoms with E-state index in [0.717, 1.165) is 0 Å². The molecule has 0 aliphatic rings. The highest BCUT2D eigenvalue weighted by Gasteiger charge is 2.26. The Bertz CT molecular complexity index is 532. The molecule has 7 nitrogen and oxygen atoms in total. The fraction of sp³-hybridized carbons (Fsp3) is 0.500. The molecule has 1 aromatic carbocycles. The zero-order valence-corrected chi connectivity index (χ0v) is 12.4. The lowest BCUT2D eigenvalue weighted by Crippen LogP contribution is -2.46. The van der Waals surface area contributed by atoms with E-state index in [1.807, 2.05) is 13.8 Å². The summed E-state index contributed by atoms with van der Waals surface area (Å²) in [5, 5.41) is 22.7. The molecule has 1 amide bonds. The number of benzene rings is 1. The van der Waals surface area contributed by atoms with Crippen LogP contribution in [0, 0.1) is 10.1 Å². The first kappa shape index (κ1) is 16.9. The number of ether oxygens (including phenoxy) is 1. The van der Waals surface area contributed by atoms with Gasteiger partial charge in [-0.05, 0) is 25.8 Å². The predicted octanol–water partition coefficient (Wildman–Crippen LogP) is 1.88. The number of methoxy groups -OCH3 is 1. The summed E-state index contributed by atoms with van der Waals surface area (Å²) in [6.45, 7) is 3.64. The van der Waals surface area contributed by atoms with Crippen LogP contribution in [-0.4, -0.2) is 35.2 Å². The number of nitro benzene ring substituents is 1. The molecule has 0 saturated heterocycles. The maximum atomic E-state index is 12.4. The molecule has 0 heterocycles. The molecule has 116 valence electrons. The minimum atomic E-state index is -0.582. The molecular formula is C14H20N2O5. The van der Waals surface area contributed by atoms with Crippen molar-refractivity contribution in [3.63, 3.8) is 0 Å². The van der Waals surface area contributed by atoms with Crippen molar-refractivity contribution < 1.29 is 19.6 Å². The largest absolute Gasteiger partial charge is 0.496 e. The van der Waals surface area contributed by atoms with Crippen molar-refractivity contribution in [3.8, 4) is 5.75 Å². The highest BCUT2D eigenvalue weighted by atomic mass is 16.6. The van der Waals surface area contributed by atoms with Gasteiger partial charge in [0, 0.05) is 24.3 Å². The first-order chi connectivity index (χ1) is 9.86. The number of aliphatic hydroxyl groups is 1. The van der Waals surface area contributed by atoms with E-state index < -0.39 is 16.4 Å². The fourth-order valence-corrected chi connectivity index (χ4v) is 1.90. The zero-order valence-electron chi connectivity index (χ0n) is 12.4. The number of rotatable bonds is 7. The summed E-state index contributed by atoms with van der Waals surface area (Å²) in [6, 6.07) is 3.86. The second-order valence-corrected chi connectivity index (χ2v) is 4.98. The molecule has 0 radical (unpaired) electrons. The van der Waals surface area contributed by atoms with Crippen LogP contribution >= 0.6 is 0 Å².